The highest BCUT2D eigenvalue weighted by molar-refractivity contribution is 7.14. The molecule has 2 aromatic heterocycles. The first-order chi connectivity index (χ1) is 7.79. The molecule has 0 aliphatic heterocycles. The summed E-state index contributed by atoms with van der Waals surface area (Å²) in [6, 6.07) is 3.78. The van der Waals surface area contributed by atoms with E-state index in [0.29, 0.717) is 11.6 Å². The molecule has 2 heterocycles. The number of carbonyl (C=O) groups excluding carboxylic acids is 1. The van der Waals surface area contributed by atoms with Crippen LogP contribution in [0.3, 0.4) is 0 Å². The van der Waals surface area contributed by atoms with Gasteiger partial charge in [0, 0.05) is 29.8 Å². The predicted molar refractivity (Wildman–Crippen MR) is 69.3 cm³/mol. The lowest BCUT2D eigenvalue weighted by atomic mass is 10.2. The van der Waals surface area contributed by atoms with E-state index in [2.05, 4.69) is 15.3 Å². The van der Waals surface area contributed by atoms with Crippen molar-refractivity contribution in [2.75, 3.05) is 5.32 Å². The van der Waals surface area contributed by atoms with E-state index in [9.17, 15) is 4.79 Å². The Morgan fingerprint density at radius 3 is 2.76 bits per heavy atom. The van der Waals surface area contributed by atoms with E-state index < -0.39 is 0 Å². The maximum absolute atomic E-state index is 11.2. The van der Waals surface area contributed by atoms with Crippen LogP contribution in [0.5, 0.6) is 0 Å². The number of hydrogen-bond acceptors (Lipinski definition) is 5. The van der Waals surface area contributed by atoms with Crippen LogP contribution in [0.15, 0.2) is 29.9 Å². The minimum absolute atomic E-state index is 0. The number of pyridine rings is 1. The van der Waals surface area contributed by atoms with Crippen LogP contribution in [0.2, 0.25) is 0 Å². The summed E-state index contributed by atoms with van der Waals surface area (Å²) < 4.78 is 0. The Kier molecular flexibility index (Phi) is 4.74. The molecule has 0 aliphatic carbocycles. The third-order valence-corrected chi connectivity index (χ3v) is 2.81. The van der Waals surface area contributed by atoms with E-state index in [4.69, 9.17) is 0 Å². The Labute approximate surface area is 104 Å². The minimum Gasteiger partial charge on any atom is -0.344 e. The monoisotopic (exact) mass is 250 g/mol. The first-order valence-electron chi connectivity index (χ1n) is 4.95. The molecule has 0 aliphatic rings. The smallest absolute Gasteiger partial charge is 0.225 e. The average Bonchev–Trinajstić information content (AvgIpc) is 2.78. The Balaban J connectivity index is 0.00000144. The summed E-state index contributed by atoms with van der Waals surface area (Å²) in [5.41, 5.74) is 1.86. The fraction of sp³-hybridized carbons (Fsp3) is 0.182. The molecule has 6 heteroatoms. The van der Waals surface area contributed by atoms with Gasteiger partial charge in [-0.15, -0.1) is 11.3 Å². The maximum atomic E-state index is 11.2. The number of nitrogens with one attached hydrogen (secondary N) is 1. The van der Waals surface area contributed by atoms with Gasteiger partial charge in [0.2, 0.25) is 5.91 Å². The second kappa shape index (κ2) is 6.07. The van der Waals surface area contributed by atoms with Crippen molar-refractivity contribution in [3.05, 3.63) is 29.9 Å². The molecular weight excluding hydrogens is 236 g/mol. The second-order valence-corrected chi connectivity index (χ2v) is 4.03. The molecule has 4 N–H and O–H groups in total. The Morgan fingerprint density at radius 2 is 2.12 bits per heavy atom. The molecule has 1 amide bonds. The lowest BCUT2D eigenvalue weighted by Crippen LogP contribution is -2.08. The Morgan fingerprint density at radius 1 is 1.41 bits per heavy atom. The van der Waals surface area contributed by atoms with Gasteiger partial charge in [0.05, 0.1) is 5.69 Å². The maximum Gasteiger partial charge on any atom is 0.225 e. The first-order valence-corrected chi connectivity index (χ1v) is 5.83. The molecule has 2 aromatic rings. The molecule has 2 rings (SSSR count). The Bertz CT molecular complexity index is 483. The topological polar surface area (TPSA) is 89.9 Å². The molecule has 90 valence electrons. The highest BCUT2D eigenvalue weighted by atomic mass is 32.1. The van der Waals surface area contributed by atoms with Crippen LogP contribution in [0.1, 0.15) is 13.3 Å². The number of hydrogen-bond donors (Lipinski definition) is 2. The van der Waals surface area contributed by atoms with Crippen molar-refractivity contribution in [3.8, 4) is 11.3 Å². The molecule has 5 nitrogen and oxygen atoms in total. The van der Waals surface area contributed by atoms with Gasteiger partial charge in [-0.1, -0.05) is 6.92 Å². The molecule has 0 saturated heterocycles. The van der Waals surface area contributed by atoms with Crippen LogP contribution >= 0.6 is 11.3 Å². The van der Waals surface area contributed by atoms with Crippen molar-refractivity contribution in [2.24, 2.45) is 0 Å². The summed E-state index contributed by atoms with van der Waals surface area (Å²) in [6.45, 7) is 1.81. The van der Waals surface area contributed by atoms with Crippen LogP contribution in [0.25, 0.3) is 11.3 Å². The summed E-state index contributed by atoms with van der Waals surface area (Å²) in [5, 5.41) is 5.29. The first kappa shape index (κ1) is 13.3. The van der Waals surface area contributed by atoms with Crippen LogP contribution in [0, 0.1) is 0 Å². The zero-order chi connectivity index (χ0) is 11.4. The largest absolute Gasteiger partial charge is 0.344 e. The number of carbonyl (C=O) groups is 1. The molecule has 0 bridgehead atoms. The summed E-state index contributed by atoms with van der Waals surface area (Å²) in [5.74, 6) is -0.0179. The van der Waals surface area contributed by atoms with Crippen molar-refractivity contribution < 1.29 is 4.79 Å². The van der Waals surface area contributed by atoms with E-state index >= 15 is 0 Å². The molecule has 0 radical (unpaired) electrons. The number of thiazole rings is 1. The summed E-state index contributed by atoms with van der Waals surface area (Å²) in [7, 11) is 0. The lowest BCUT2D eigenvalue weighted by molar-refractivity contribution is -0.115. The van der Waals surface area contributed by atoms with Gasteiger partial charge in [-0.3, -0.25) is 9.78 Å². The molecule has 0 atom stereocenters. The quantitative estimate of drug-likeness (QED) is 0.876. The van der Waals surface area contributed by atoms with Gasteiger partial charge in [0.25, 0.3) is 0 Å². The molecule has 17 heavy (non-hydrogen) atoms. The highest BCUT2D eigenvalue weighted by Gasteiger charge is 2.05. The van der Waals surface area contributed by atoms with Gasteiger partial charge in [-0.2, -0.15) is 0 Å². The van der Waals surface area contributed by atoms with E-state index in [1.165, 1.54) is 11.3 Å². The van der Waals surface area contributed by atoms with Gasteiger partial charge in [0.1, 0.15) is 0 Å². The fourth-order valence-electron chi connectivity index (χ4n) is 1.19. The van der Waals surface area contributed by atoms with E-state index in [-0.39, 0.29) is 12.1 Å². The summed E-state index contributed by atoms with van der Waals surface area (Å²) >= 11 is 1.42. The van der Waals surface area contributed by atoms with Crippen molar-refractivity contribution in [1.82, 2.24) is 16.1 Å². The predicted octanol–water partition coefficient (Wildman–Crippen LogP) is 2.72. The van der Waals surface area contributed by atoms with Crippen molar-refractivity contribution >= 4 is 22.4 Å². The van der Waals surface area contributed by atoms with Crippen molar-refractivity contribution in [3.63, 3.8) is 0 Å². The van der Waals surface area contributed by atoms with Gasteiger partial charge < -0.3 is 11.5 Å². The van der Waals surface area contributed by atoms with Crippen LogP contribution in [0.4, 0.5) is 5.13 Å². The standard InChI is InChI=1S/C11H11N3OS.H3N/c1-2-10(15)14-11-13-9(7-16-11)8-3-5-12-6-4-8;/h3-7H,2H2,1H3,(H,13,14,15);1H3. The van der Waals surface area contributed by atoms with Crippen LogP contribution in [-0.2, 0) is 4.79 Å². The second-order valence-electron chi connectivity index (χ2n) is 3.18. The van der Waals surface area contributed by atoms with E-state index in [0.717, 1.165) is 11.3 Å². The summed E-state index contributed by atoms with van der Waals surface area (Å²) in [6.07, 6.45) is 3.90. The lowest BCUT2D eigenvalue weighted by Gasteiger charge is -1.97. The highest BCUT2D eigenvalue weighted by Crippen LogP contribution is 2.24. The average molecular weight is 250 g/mol. The SMILES string of the molecule is CCC(=O)Nc1nc(-c2ccncc2)cs1.N. The van der Waals surface area contributed by atoms with Crippen LogP contribution < -0.4 is 11.5 Å². The van der Waals surface area contributed by atoms with Gasteiger partial charge in [-0.05, 0) is 12.1 Å². The van der Waals surface area contributed by atoms with Crippen LogP contribution in [-0.4, -0.2) is 15.9 Å². The fourth-order valence-corrected chi connectivity index (χ4v) is 1.93. The summed E-state index contributed by atoms with van der Waals surface area (Å²) in [4.78, 5) is 19.4. The third-order valence-electron chi connectivity index (χ3n) is 2.05. The number of amides is 1. The minimum atomic E-state index is -0.0179. The van der Waals surface area contributed by atoms with Gasteiger partial charge >= 0.3 is 0 Å². The van der Waals surface area contributed by atoms with E-state index in [1.807, 2.05) is 24.4 Å². The molecule has 0 aromatic carbocycles. The van der Waals surface area contributed by atoms with Gasteiger partial charge in [-0.25, -0.2) is 4.98 Å². The number of anilines is 1. The number of nitrogens with zero attached hydrogens (tertiary/aromatic N) is 2. The third kappa shape index (κ3) is 3.33. The van der Waals surface area contributed by atoms with Crippen molar-refractivity contribution in [1.29, 1.82) is 0 Å². The molecule has 0 spiro atoms. The van der Waals surface area contributed by atoms with Crippen molar-refractivity contribution in [2.45, 2.75) is 13.3 Å². The molecule has 0 saturated carbocycles. The van der Waals surface area contributed by atoms with E-state index in [1.54, 1.807) is 12.4 Å². The zero-order valence-corrected chi connectivity index (χ0v) is 10.3. The molecule has 0 fully saturated rings. The zero-order valence-electron chi connectivity index (χ0n) is 9.51. The number of rotatable bonds is 3. The molecule has 0 unspecified atom stereocenters. The van der Waals surface area contributed by atoms with Gasteiger partial charge in [0.15, 0.2) is 5.13 Å². The molecular formula is C11H14N4OS. The normalized spacial score (nSPS) is 9.47. The Hall–Kier alpha value is -1.79. The number of aromatic nitrogens is 2.